The smallest absolute Gasteiger partial charge is 0.113 e. The van der Waals surface area contributed by atoms with Gasteiger partial charge in [-0.05, 0) is 49.3 Å². The van der Waals surface area contributed by atoms with Crippen molar-refractivity contribution in [1.82, 2.24) is 19.9 Å². The molecular weight excluding hydrogens is 386 g/mol. The van der Waals surface area contributed by atoms with Crippen molar-refractivity contribution in [2.75, 3.05) is 44.2 Å². The average Bonchev–Trinajstić information content (AvgIpc) is 3.13. The molecule has 168 valence electrons. The van der Waals surface area contributed by atoms with E-state index in [0.717, 1.165) is 38.4 Å². The number of rotatable bonds is 6. The zero-order valence-electron chi connectivity index (χ0n) is 19.6. The highest BCUT2D eigenvalue weighted by atomic mass is 16.5. The predicted molar refractivity (Wildman–Crippen MR) is 124 cm³/mol. The Bertz CT molecular complexity index is 916. The molecule has 6 nitrogen and oxygen atoms in total. The summed E-state index contributed by atoms with van der Waals surface area (Å²) >= 11 is 0. The number of benzene rings is 1. The first kappa shape index (κ1) is 21.0. The van der Waals surface area contributed by atoms with Crippen LogP contribution in [0.25, 0.3) is 11.3 Å². The first-order valence-electron chi connectivity index (χ1n) is 11.9. The van der Waals surface area contributed by atoms with Crippen LogP contribution < -0.4 is 4.90 Å². The molecule has 31 heavy (non-hydrogen) atoms. The molecule has 0 amide bonds. The van der Waals surface area contributed by atoms with Gasteiger partial charge >= 0.3 is 0 Å². The quantitative estimate of drug-likeness (QED) is 0.703. The lowest BCUT2D eigenvalue weighted by molar-refractivity contribution is -0.00812. The van der Waals surface area contributed by atoms with Gasteiger partial charge in [-0.3, -0.25) is 0 Å². The van der Waals surface area contributed by atoms with Crippen LogP contribution in [0.2, 0.25) is 0 Å². The summed E-state index contributed by atoms with van der Waals surface area (Å²) in [4.78, 5) is 5.13. The van der Waals surface area contributed by atoms with Crippen LogP contribution >= 0.6 is 0 Å². The van der Waals surface area contributed by atoms with Crippen LogP contribution in [0.15, 0.2) is 24.4 Å². The molecule has 3 saturated heterocycles. The van der Waals surface area contributed by atoms with Gasteiger partial charge < -0.3 is 14.5 Å². The van der Waals surface area contributed by atoms with Gasteiger partial charge in [0.05, 0.1) is 18.8 Å². The average molecular weight is 424 g/mol. The number of hydrogen-bond donors (Lipinski definition) is 0. The van der Waals surface area contributed by atoms with Crippen molar-refractivity contribution in [2.45, 2.75) is 59.6 Å². The van der Waals surface area contributed by atoms with Gasteiger partial charge in [-0.2, -0.15) is 0 Å². The third kappa shape index (κ3) is 4.51. The molecule has 4 heterocycles. The Balaban J connectivity index is 1.19. The minimum atomic E-state index is 0.273. The fourth-order valence-corrected chi connectivity index (χ4v) is 5.78. The summed E-state index contributed by atoms with van der Waals surface area (Å²) in [7, 11) is 0. The van der Waals surface area contributed by atoms with Crippen LogP contribution in [0.5, 0.6) is 0 Å². The van der Waals surface area contributed by atoms with Gasteiger partial charge in [-0.1, -0.05) is 32.1 Å². The van der Waals surface area contributed by atoms with Crippen LogP contribution in [0.3, 0.4) is 0 Å². The zero-order valence-corrected chi connectivity index (χ0v) is 19.6. The van der Waals surface area contributed by atoms with Crippen molar-refractivity contribution in [2.24, 2.45) is 10.8 Å². The lowest BCUT2D eigenvalue weighted by Gasteiger charge is -2.55. The number of anilines is 1. The second-order valence-electron chi connectivity index (χ2n) is 11.3. The molecule has 3 aliphatic rings. The van der Waals surface area contributed by atoms with Crippen LogP contribution in [-0.2, 0) is 11.3 Å². The van der Waals surface area contributed by atoms with E-state index in [4.69, 9.17) is 4.74 Å². The normalized spacial score (nSPS) is 25.2. The van der Waals surface area contributed by atoms with E-state index in [-0.39, 0.29) is 6.10 Å². The minimum Gasteiger partial charge on any atom is -0.376 e. The fraction of sp³-hybridized carbons (Fsp3) is 0.680. The molecule has 1 atom stereocenters. The Morgan fingerprint density at radius 1 is 1.10 bits per heavy atom. The van der Waals surface area contributed by atoms with E-state index in [1.54, 1.807) is 0 Å². The topological polar surface area (TPSA) is 46.4 Å². The van der Waals surface area contributed by atoms with Gasteiger partial charge in [0.1, 0.15) is 5.69 Å². The Morgan fingerprint density at radius 3 is 2.58 bits per heavy atom. The maximum atomic E-state index is 5.85. The SMILES string of the molecule is Cc1cc(N2CC(C)(CN3CC(C)(C)C3)C2)ccc1-c1cn(CC2CCCCO2)nn1. The number of aryl methyl sites for hydroxylation is 1. The van der Waals surface area contributed by atoms with E-state index in [9.17, 15) is 0 Å². The monoisotopic (exact) mass is 423 g/mol. The standard InChI is InChI=1S/C25H37N5O/c1-19-11-20(29-17-25(4,18-29)16-28-14-24(2,3)15-28)8-9-22(19)23-13-30(27-26-23)12-21-7-5-6-10-31-21/h8-9,11,13,21H,5-7,10,12,14-18H2,1-4H3. The van der Waals surface area contributed by atoms with Crippen molar-refractivity contribution in [3.63, 3.8) is 0 Å². The summed E-state index contributed by atoms with van der Waals surface area (Å²) in [6.07, 6.45) is 5.88. The van der Waals surface area contributed by atoms with E-state index in [0.29, 0.717) is 10.8 Å². The highest BCUT2D eigenvalue weighted by Crippen LogP contribution is 2.39. The zero-order chi connectivity index (χ0) is 21.6. The summed E-state index contributed by atoms with van der Waals surface area (Å²) in [5, 5.41) is 8.80. The van der Waals surface area contributed by atoms with E-state index in [1.165, 1.54) is 49.3 Å². The molecule has 3 aliphatic heterocycles. The van der Waals surface area contributed by atoms with Gasteiger partial charge in [-0.15, -0.1) is 5.10 Å². The van der Waals surface area contributed by atoms with E-state index >= 15 is 0 Å². The van der Waals surface area contributed by atoms with Crippen molar-refractivity contribution < 1.29 is 4.74 Å². The second-order valence-corrected chi connectivity index (χ2v) is 11.3. The number of ether oxygens (including phenoxy) is 1. The molecule has 2 aromatic rings. The maximum Gasteiger partial charge on any atom is 0.113 e. The molecule has 1 unspecified atom stereocenters. The van der Waals surface area contributed by atoms with Gasteiger partial charge in [0.25, 0.3) is 0 Å². The minimum absolute atomic E-state index is 0.273. The summed E-state index contributed by atoms with van der Waals surface area (Å²) in [6.45, 7) is 17.0. The van der Waals surface area contributed by atoms with Crippen LogP contribution in [0.4, 0.5) is 5.69 Å². The Kier molecular flexibility index (Phi) is 5.33. The van der Waals surface area contributed by atoms with Crippen LogP contribution in [0, 0.1) is 17.8 Å². The third-order valence-corrected chi connectivity index (χ3v) is 7.11. The van der Waals surface area contributed by atoms with E-state index in [1.807, 2.05) is 4.68 Å². The largest absolute Gasteiger partial charge is 0.376 e. The van der Waals surface area contributed by atoms with Gasteiger partial charge in [0.15, 0.2) is 0 Å². The van der Waals surface area contributed by atoms with Gasteiger partial charge in [0.2, 0.25) is 0 Å². The fourth-order valence-electron chi connectivity index (χ4n) is 5.78. The molecule has 0 N–H and O–H groups in total. The molecule has 5 rings (SSSR count). The molecule has 6 heteroatoms. The first-order chi connectivity index (χ1) is 14.8. The summed E-state index contributed by atoms with van der Waals surface area (Å²) in [5.74, 6) is 0. The molecule has 0 bridgehead atoms. The van der Waals surface area contributed by atoms with Gasteiger partial charge in [-0.25, -0.2) is 4.68 Å². The third-order valence-electron chi connectivity index (χ3n) is 7.11. The van der Waals surface area contributed by atoms with Crippen molar-refractivity contribution in [3.05, 3.63) is 30.0 Å². The first-order valence-corrected chi connectivity index (χ1v) is 11.9. The van der Waals surface area contributed by atoms with Crippen LogP contribution in [-0.4, -0.2) is 65.3 Å². The lowest BCUT2D eigenvalue weighted by atomic mass is 9.77. The predicted octanol–water partition coefficient (Wildman–Crippen LogP) is 3.99. The second kappa shape index (κ2) is 7.89. The maximum absolute atomic E-state index is 5.85. The van der Waals surface area contributed by atoms with Crippen LogP contribution in [0.1, 0.15) is 45.6 Å². The molecule has 1 aromatic carbocycles. The van der Waals surface area contributed by atoms with Crippen molar-refractivity contribution >= 4 is 5.69 Å². The molecule has 3 fully saturated rings. The summed E-state index contributed by atoms with van der Waals surface area (Å²) in [6, 6.07) is 6.77. The molecule has 0 spiro atoms. The Labute approximate surface area is 186 Å². The molecule has 0 saturated carbocycles. The lowest BCUT2D eigenvalue weighted by Crippen LogP contribution is -2.64. The molecule has 0 radical (unpaired) electrons. The van der Waals surface area contributed by atoms with Crippen molar-refractivity contribution in [3.8, 4) is 11.3 Å². The number of likely N-dealkylation sites (tertiary alicyclic amines) is 1. The Hall–Kier alpha value is -1.92. The Morgan fingerprint density at radius 2 is 1.90 bits per heavy atom. The number of aromatic nitrogens is 3. The highest BCUT2D eigenvalue weighted by molar-refractivity contribution is 5.67. The summed E-state index contributed by atoms with van der Waals surface area (Å²) in [5.41, 5.74) is 5.63. The molecule has 1 aromatic heterocycles. The van der Waals surface area contributed by atoms with Crippen molar-refractivity contribution in [1.29, 1.82) is 0 Å². The molecule has 0 aliphatic carbocycles. The number of nitrogens with zero attached hydrogens (tertiary/aromatic N) is 5. The molecular formula is C25H37N5O. The number of hydrogen-bond acceptors (Lipinski definition) is 5. The highest BCUT2D eigenvalue weighted by Gasteiger charge is 2.44. The van der Waals surface area contributed by atoms with Gasteiger partial charge in [0, 0.05) is 56.0 Å². The van der Waals surface area contributed by atoms with E-state index in [2.05, 4.69) is 72.2 Å². The summed E-state index contributed by atoms with van der Waals surface area (Å²) < 4.78 is 7.79. The van der Waals surface area contributed by atoms with E-state index < -0.39 is 0 Å².